The number of benzene rings is 15. The van der Waals surface area contributed by atoms with E-state index in [9.17, 15) is 34.2 Å². The normalized spacial score (nSPS) is 11.3. The number of phenols is 2. The molecule has 0 bridgehead atoms. The first-order chi connectivity index (χ1) is 68.6. The molecule has 23 nitrogen and oxygen atoms in total. The van der Waals surface area contributed by atoms with Gasteiger partial charge < -0.3 is 69.9 Å². The number of hydrogen-bond donors (Lipinski definition) is 9. The van der Waals surface area contributed by atoms with Gasteiger partial charge in [-0.3, -0.25) is 26.1 Å². The van der Waals surface area contributed by atoms with Crippen molar-refractivity contribution in [2.75, 3.05) is 45.2 Å². The molecule has 0 spiro atoms. The Labute approximate surface area is 858 Å². The number of nitrogen functional groups attached to an aromatic ring is 2. The highest BCUT2D eigenvalue weighted by Crippen LogP contribution is 2.42. The second kappa shape index (κ2) is 42.9. The smallest absolute Gasteiger partial charge is 0.412 e. The largest absolute Gasteiger partial charge is 1.00 e. The minimum Gasteiger partial charge on any atom is -1.00 e. The Kier molecular flexibility index (Phi) is 30.3. The number of aromatic hydroxyl groups is 2. The fourth-order valence-electron chi connectivity index (χ4n) is 17.3. The van der Waals surface area contributed by atoms with Crippen molar-refractivity contribution in [1.82, 2.24) is 19.9 Å². The number of carbonyl (C=O) groups excluding carboxylic acids is 5. The highest BCUT2D eigenvalue weighted by Gasteiger charge is 2.26. The Bertz CT molecular complexity index is 8220. The van der Waals surface area contributed by atoms with Crippen LogP contribution in [-0.4, -0.2) is 84.3 Å². The van der Waals surface area contributed by atoms with Gasteiger partial charge >= 0.3 is 24.4 Å². The fraction of sp³-hybridized carbons (Fsp3) is 0.174. The van der Waals surface area contributed by atoms with E-state index in [1.807, 2.05) is 239 Å². The van der Waals surface area contributed by atoms with Crippen molar-refractivity contribution in [3.63, 3.8) is 0 Å². The Morgan fingerprint density at radius 3 is 0.903 bits per heavy atom. The van der Waals surface area contributed by atoms with Gasteiger partial charge in [-0.2, -0.15) is 4.57 Å². The summed E-state index contributed by atoms with van der Waals surface area (Å²) in [4.78, 5) is 79.3. The molecule has 732 valence electrons. The van der Waals surface area contributed by atoms with Crippen LogP contribution in [0.2, 0.25) is 0 Å². The van der Waals surface area contributed by atoms with Crippen LogP contribution in [0.5, 0.6) is 11.5 Å². The lowest BCUT2D eigenvalue weighted by Gasteiger charge is -2.20. The average Bonchev–Trinajstić information content (AvgIpc) is 0.749. The van der Waals surface area contributed by atoms with E-state index in [0.717, 1.165) is 165 Å². The molecular weight excluding hydrogens is 1920 g/mol. The van der Waals surface area contributed by atoms with Crippen LogP contribution in [0.15, 0.2) is 303 Å². The minimum atomic E-state index is -0.570. The highest BCUT2D eigenvalue weighted by atomic mass is 127. The first kappa shape index (κ1) is 103. The molecule has 20 aromatic rings. The van der Waals surface area contributed by atoms with Gasteiger partial charge in [0.05, 0.1) is 68.4 Å². The molecule has 0 fully saturated rings. The molecule has 5 aromatic heterocycles. The fourth-order valence-corrected chi connectivity index (χ4v) is 17.3. The number of fused-ring (bicyclic) bond motifs is 15. The molecule has 0 saturated carbocycles. The summed E-state index contributed by atoms with van der Waals surface area (Å²) in [7, 11) is 3.40. The summed E-state index contributed by atoms with van der Waals surface area (Å²) in [6.07, 6.45) is -1.97. The molecule has 5 heterocycles. The van der Waals surface area contributed by atoms with E-state index in [0.29, 0.717) is 39.8 Å². The molecular formula is C121H115IN12O11. The third-order valence-corrected chi connectivity index (χ3v) is 23.9. The van der Waals surface area contributed by atoms with Crippen LogP contribution in [0.4, 0.5) is 59.0 Å². The summed E-state index contributed by atoms with van der Waals surface area (Å²) in [5, 5.41) is 49.1. The van der Waals surface area contributed by atoms with Crippen molar-refractivity contribution in [2.45, 2.75) is 128 Å². The maximum absolute atomic E-state index is 12.3. The second-order valence-corrected chi connectivity index (χ2v) is 39.0. The number of anilines is 7. The molecule has 0 radical (unpaired) electrons. The van der Waals surface area contributed by atoms with Crippen LogP contribution in [0.3, 0.4) is 0 Å². The molecule has 0 atom stereocenters. The molecule has 5 amide bonds. The van der Waals surface area contributed by atoms with Crippen LogP contribution in [0, 0.1) is 41.5 Å². The lowest BCUT2D eigenvalue weighted by Crippen LogP contribution is -3.00. The number of halogens is 1. The third kappa shape index (κ3) is 24.7. The molecule has 0 aliphatic rings. The molecule has 15 aromatic carbocycles. The number of rotatable bonds is 10. The molecule has 20 rings (SSSR count). The van der Waals surface area contributed by atoms with Crippen molar-refractivity contribution in [2.24, 2.45) is 7.05 Å². The number of hydrogen-bond acceptors (Lipinski definition) is 17. The first-order valence-corrected chi connectivity index (χ1v) is 47.3. The number of pyridine rings is 5. The molecule has 0 aliphatic carbocycles. The third-order valence-electron chi connectivity index (χ3n) is 23.9. The standard InChI is InChI=1S/C27H28N2O2.C26H26N2O2.C25H24N2O3.C24H21N3O3.C19H15N3O.HI/c1-17-7-10-19(11-8-17)25-23-15-18(2)9-13-21(23)22-14-12-20(16-24(22)29(25)6)28-26(30)31-27(3,4)5;1-16-6-9-18(10-7-16)24-22-14-17(2)8-12-20(22)21-13-11-19(15-23(21)28-24)27-25(29)30-26(3,4)5;1-15-5-11-19-20-12-8-17(26-24(29)30-25(2,3)4)14-22(20)27-23(21(19)13-15)16-6-9-18(28)10-7-16;1-14-4-6-16(7-5-14)23-21-12-17(25-15(2)28)8-10-19(21)20-11-9-18(13-22(20)27-23)26-24(29)30-3;20-12-3-7-15-16-8-4-13(21)10-18(16)22-19(17(15)9-12)11-1-5-14(23)6-2-11;/h7-16H,1-6H3;6-15H,1-5H3,(H,27,29);5-14,28H,1-4H3,(H,26,29);4-13H,1-3H3,(H,25,28)(H,26,29);1-10,23H,20-21H2;1H. The Balaban J connectivity index is 0.000000136. The van der Waals surface area contributed by atoms with Crippen LogP contribution >= 0.6 is 0 Å². The maximum atomic E-state index is 12.3. The summed E-state index contributed by atoms with van der Waals surface area (Å²) in [6, 6.07) is 98.9. The number of carbonyl (C=O) groups is 5. The lowest BCUT2D eigenvalue weighted by molar-refractivity contribution is -0.632. The molecule has 24 heteroatoms. The number of ether oxygens (including phenoxy) is 4. The van der Waals surface area contributed by atoms with Gasteiger partial charge in [0.15, 0.2) is 0 Å². The summed E-state index contributed by atoms with van der Waals surface area (Å²) >= 11 is 0. The van der Waals surface area contributed by atoms with Gasteiger partial charge in [-0.25, -0.2) is 39.1 Å². The average molecular weight is 2040 g/mol. The van der Waals surface area contributed by atoms with E-state index in [1.165, 1.54) is 47.1 Å². The summed E-state index contributed by atoms with van der Waals surface area (Å²) in [6.45, 7) is 30.5. The van der Waals surface area contributed by atoms with Crippen molar-refractivity contribution in [3.8, 4) is 67.8 Å². The molecule has 145 heavy (non-hydrogen) atoms. The van der Waals surface area contributed by atoms with Crippen LogP contribution in [-0.2, 0) is 30.8 Å². The Morgan fingerprint density at radius 1 is 0.283 bits per heavy atom. The summed E-state index contributed by atoms with van der Waals surface area (Å²) in [5.74, 6) is 0.310. The van der Waals surface area contributed by atoms with Gasteiger partial charge in [0, 0.05) is 123 Å². The number of aryl methyl sites for hydroxylation is 7. The quantitative estimate of drug-likeness (QED) is 0.0202. The second-order valence-electron chi connectivity index (χ2n) is 39.0. The molecule has 11 N–H and O–H groups in total. The van der Waals surface area contributed by atoms with Crippen molar-refractivity contribution >= 4 is 178 Å². The van der Waals surface area contributed by atoms with Gasteiger partial charge in [0.2, 0.25) is 17.1 Å². The van der Waals surface area contributed by atoms with Gasteiger partial charge in [-0.05, 0) is 289 Å². The van der Waals surface area contributed by atoms with Crippen molar-refractivity contribution in [3.05, 3.63) is 337 Å². The summed E-state index contributed by atoms with van der Waals surface area (Å²) < 4.78 is 23.0. The van der Waals surface area contributed by atoms with Crippen LogP contribution in [0.1, 0.15) is 103 Å². The first-order valence-electron chi connectivity index (χ1n) is 47.3. The zero-order chi connectivity index (χ0) is 102. The van der Waals surface area contributed by atoms with E-state index in [4.69, 9.17) is 45.6 Å². The van der Waals surface area contributed by atoms with Gasteiger partial charge in [0.1, 0.15) is 35.3 Å². The van der Waals surface area contributed by atoms with E-state index >= 15 is 0 Å². The SMILES string of the molecule is COC(=O)Nc1ccc2c(c1)nc(-c1ccc(C)cc1)c1cc(NC(C)=O)ccc12.Cc1ccc(-c2c3cc(C)ccc3c3ccc(NC(=O)OC(C)(C)C)cc3[n+]2C)cc1.Cc1ccc(-c2nc3cc(NC(=O)OC(C)(C)C)ccc3c3ccc(C)cc23)cc1.Cc1ccc2c(c1)c(-c1ccc(O)cc1)nc1cc(NC(=O)OC(C)(C)C)ccc12.Nc1ccc2c(c1)nc(-c1ccc(O)cc1)c1cc(N)ccc12.[I-]. The number of nitrogens with one attached hydrogen (secondary N) is 5. The number of aromatic nitrogens is 5. The van der Waals surface area contributed by atoms with Gasteiger partial charge in [-0.1, -0.05) is 167 Å². The zero-order valence-corrected chi connectivity index (χ0v) is 86.4. The van der Waals surface area contributed by atoms with Gasteiger partial charge in [0.25, 0.3) is 0 Å². The number of amides is 5. The zero-order valence-electron chi connectivity index (χ0n) is 84.2. The Hall–Kier alpha value is -16.9. The maximum Gasteiger partial charge on any atom is 0.412 e. The number of methoxy groups -OCH3 is 1. The van der Waals surface area contributed by atoms with Crippen molar-refractivity contribution < 1.29 is 81.7 Å². The lowest BCUT2D eigenvalue weighted by atomic mass is 9.97. The monoisotopic (exact) mass is 2040 g/mol. The molecule has 0 aliphatic heterocycles. The number of nitrogens with two attached hydrogens (primary N) is 2. The van der Waals surface area contributed by atoms with E-state index < -0.39 is 41.2 Å². The van der Waals surface area contributed by atoms with Gasteiger partial charge in [-0.15, -0.1) is 0 Å². The van der Waals surface area contributed by atoms with Crippen LogP contribution in [0.25, 0.3) is 165 Å². The minimum absolute atomic E-state index is 0. The topological polar surface area (TPSA) is 330 Å². The van der Waals surface area contributed by atoms with Crippen molar-refractivity contribution in [1.29, 1.82) is 0 Å². The van der Waals surface area contributed by atoms with E-state index in [-0.39, 0.29) is 41.4 Å². The van der Waals surface area contributed by atoms with E-state index in [2.05, 4.69) is 187 Å². The number of nitrogens with zero attached hydrogens (tertiary/aromatic N) is 5. The van der Waals surface area contributed by atoms with Crippen LogP contribution < -0.4 is 66.6 Å². The summed E-state index contributed by atoms with van der Waals surface area (Å²) in [5.41, 5.74) is 35.9. The number of phenolic OH excluding ortho intramolecular Hbond substituents is 2. The predicted octanol–water partition coefficient (Wildman–Crippen LogP) is 26.3. The van der Waals surface area contributed by atoms with E-state index in [1.54, 1.807) is 24.3 Å². The highest BCUT2D eigenvalue weighted by molar-refractivity contribution is 6.17. The molecule has 0 saturated heterocycles. The molecule has 0 unspecified atom stereocenters. The Morgan fingerprint density at radius 2 is 0.545 bits per heavy atom. The predicted molar refractivity (Wildman–Crippen MR) is 587 cm³/mol.